The van der Waals surface area contributed by atoms with Gasteiger partial charge in [0.1, 0.15) is 0 Å². The van der Waals surface area contributed by atoms with Crippen LogP contribution in [0, 0.1) is 0 Å². The maximum absolute atomic E-state index is 12.8. The summed E-state index contributed by atoms with van der Waals surface area (Å²) in [6, 6.07) is 5.45. The first-order valence-electron chi connectivity index (χ1n) is 7.90. The van der Waals surface area contributed by atoms with Crippen molar-refractivity contribution in [3.8, 4) is 17.2 Å². The molecule has 0 fully saturated rings. The van der Waals surface area contributed by atoms with Gasteiger partial charge in [-0.1, -0.05) is 0 Å². The molecule has 0 spiro atoms. The number of methoxy groups -OCH3 is 1. The average molecular weight is 426 g/mol. The number of para-hydroxylation sites is 1. The molecule has 1 amide bonds. The quantitative estimate of drug-likeness (QED) is 0.678. The number of fused-ring (bicyclic) bond motifs is 1. The van der Waals surface area contributed by atoms with Crippen molar-refractivity contribution in [2.45, 2.75) is 28.7 Å². The molecule has 1 aromatic rings. The molecule has 0 aromatic heterocycles. The first kappa shape index (κ1) is 18.0. The van der Waals surface area contributed by atoms with E-state index in [0.717, 1.165) is 3.78 Å². The van der Waals surface area contributed by atoms with Crippen LogP contribution in [0.5, 0.6) is 17.2 Å². The van der Waals surface area contributed by atoms with E-state index in [1.807, 2.05) is 26.0 Å². The van der Waals surface area contributed by atoms with Crippen molar-refractivity contribution in [3.63, 3.8) is 0 Å². The molecule has 0 aliphatic carbocycles. The number of ether oxygens (including phenoxy) is 3. The van der Waals surface area contributed by atoms with Crippen LogP contribution in [0.1, 0.15) is 13.8 Å². The van der Waals surface area contributed by atoms with Crippen LogP contribution in [0.3, 0.4) is 0 Å². The van der Waals surface area contributed by atoms with Gasteiger partial charge in [0.2, 0.25) is 0 Å². The zero-order chi connectivity index (χ0) is 17.2. The summed E-state index contributed by atoms with van der Waals surface area (Å²) in [4.78, 5) is 21.2. The molecule has 0 radical (unpaired) electrons. The number of carbonyl (C=O) groups is 1. The van der Waals surface area contributed by atoms with Crippen molar-refractivity contribution >= 4 is 24.3 Å². The summed E-state index contributed by atoms with van der Waals surface area (Å²) in [5, 5.41) is 0. The van der Waals surface area contributed by atoms with Crippen molar-refractivity contribution in [1.82, 2.24) is 4.90 Å². The Morgan fingerprint density at radius 3 is 2.35 bits per heavy atom. The Bertz CT molecular complexity index is 630. The van der Waals surface area contributed by atoms with Crippen molar-refractivity contribution < 1.29 is 19.0 Å². The van der Waals surface area contributed by atoms with Crippen LogP contribution in [-0.2, 0) is 4.79 Å². The minimum atomic E-state index is -2.72. The number of benzene rings is 1. The van der Waals surface area contributed by atoms with Gasteiger partial charge in [-0.3, -0.25) is 0 Å². The Balaban J connectivity index is 2.53. The van der Waals surface area contributed by atoms with Crippen molar-refractivity contribution in [2.75, 3.05) is 20.2 Å². The van der Waals surface area contributed by atoms with Crippen LogP contribution < -0.4 is 14.2 Å². The van der Waals surface area contributed by atoms with E-state index in [1.165, 1.54) is 0 Å². The molecule has 6 heteroatoms. The Labute approximate surface area is 142 Å². The van der Waals surface area contributed by atoms with E-state index in [9.17, 15) is 4.79 Å². The standard InChI is InChI=1S/C14H16NO4.3CH3.Sn/c1-4-15(5-2)14(16)12-9-18-13-10(17-3)7-6-8-11(13)19-12;;;;/h6-8H,4-5H2,1-3H3;3*1H3;. The minimum absolute atomic E-state index is 0.106. The third-order valence-corrected chi connectivity index (χ3v) is 8.54. The number of nitrogens with zero attached hydrogens (tertiary/aromatic N) is 1. The van der Waals surface area contributed by atoms with E-state index >= 15 is 0 Å². The van der Waals surface area contributed by atoms with Crippen LogP contribution in [-0.4, -0.2) is 49.4 Å². The molecule has 1 aliphatic heterocycles. The molecule has 0 N–H and O–H groups in total. The monoisotopic (exact) mass is 427 g/mol. The summed E-state index contributed by atoms with van der Waals surface area (Å²) in [6.07, 6.45) is 0. The molecule has 23 heavy (non-hydrogen) atoms. The summed E-state index contributed by atoms with van der Waals surface area (Å²) in [5.41, 5.74) is 0. The van der Waals surface area contributed by atoms with Crippen LogP contribution >= 0.6 is 0 Å². The van der Waals surface area contributed by atoms with Gasteiger partial charge in [-0.25, -0.2) is 0 Å². The number of hydrogen-bond acceptors (Lipinski definition) is 4. The summed E-state index contributed by atoms with van der Waals surface area (Å²) in [6.45, 7) is 5.20. The fourth-order valence-corrected chi connectivity index (χ4v) is 5.99. The Morgan fingerprint density at radius 2 is 1.83 bits per heavy atom. The average Bonchev–Trinajstić information content (AvgIpc) is 2.53. The molecular formula is C17H25NO4Sn. The van der Waals surface area contributed by atoms with Gasteiger partial charge in [0.15, 0.2) is 0 Å². The van der Waals surface area contributed by atoms with Crippen LogP contribution in [0.15, 0.2) is 27.7 Å². The van der Waals surface area contributed by atoms with Crippen LogP contribution in [0.4, 0.5) is 0 Å². The molecule has 1 heterocycles. The number of likely N-dealkylation sites (N-methyl/N-ethyl adjacent to an activating group) is 1. The van der Waals surface area contributed by atoms with E-state index in [0.29, 0.717) is 36.1 Å². The molecular weight excluding hydrogens is 401 g/mol. The predicted octanol–water partition coefficient (Wildman–Crippen LogP) is 3.42. The summed E-state index contributed by atoms with van der Waals surface area (Å²) in [7, 11) is 1.60. The Morgan fingerprint density at radius 1 is 1.17 bits per heavy atom. The first-order valence-corrected chi connectivity index (χ1v) is 17.9. The van der Waals surface area contributed by atoms with E-state index < -0.39 is 18.4 Å². The van der Waals surface area contributed by atoms with Gasteiger partial charge >= 0.3 is 142 Å². The molecule has 0 saturated heterocycles. The Kier molecular flexibility index (Phi) is 5.49. The summed E-state index contributed by atoms with van der Waals surface area (Å²) < 4.78 is 18.3. The third-order valence-electron chi connectivity index (χ3n) is 3.71. The van der Waals surface area contributed by atoms with Gasteiger partial charge in [-0.2, -0.15) is 0 Å². The molecule has 0 unspecified atom stereocenters. The third kappa shape index (κ3) is 3.59. The van der Waals surface area contributed by atoms with Gasteiger partial charge in [-0.15, -0.1) is 0 Å². The zero-order valence-corrected chi connectivity index (χ0v) is 17.6. The molecule has 5 nitrogen and oxygen atoms in total. The van der Waals surface area contributed by atoms with Crippen LogP contribution in [0.25, 0.3) is 0 Å². The normalized spacial score (nSPS) is 13.8. The SMILES string of the molecule is CCN(CC)C(=O)C1=[C]([Sn]([CH3])([CH3])[CH3])Oc2c(OC)cccc2O1. The molecule has 0 atom stereocenters. The van der Waals surface area contributed by atoms with E-state index in [4.69, 9.17) is 14.2 Å². The molecule has 2 rings (SSSR count). The molecule has 1 aliphatic rings. The van der Waals surface area contributed by atoms with E-state index in [2.05, 4.69) is 14.8 Å². The second kappa shape index (κ2) is 7.03. The van der Waals surface area contributed by atoms with Crippen molar-refractivity contribution in [3.05, 3.63) is 27.7 Å². The number of rotatable bonds is 5. The molecule has 0 saturated carbocycles. The van der Waals surface area contributed by atoms with Crippen molar-refractivity contribution in [2.24, 2.45) is 0 Å². The fraction of sp³-hybridized carbons (Fsp3) is 0.471. The van der Waals surface area contributed by atoms with Crippen LogP contribution in [0.2, 0.25) is 14.8 Å². The number of amides is 1. The van der Waals surface area contributed by atoms with E-state index in [-0.39, 0.29) is 5.91 Å². The van der Waals surface area contributed by atoms with Crippen molar-refractivity contribution in [1.29, 1.82) is 0 Å². The van der Waals surface area contributed by atoms with Gasteiger partial charge in [0.25, 0.3) is 0 Å². The topological polar surface area (TPSA) is 48.0 Å². The molecule has 126 valence electrons. The number of carbonyl (C=O) groups excluding carboxylic acids is 1. The Hall–Kier alpha value is -1.37. The fourth-order valence-electron chi connectivity index (χ4n) is 2.43. The second-order valence-electron chi connectivity index (χ2n) is 6.38. The zero-order valence-electron chi connectivity index (χ0n) is 14.7. The molecule has 1 aromatic carbocycles. The second-order valence-corrected chi connectivity index (χ2v) is 20.5. The molecule has 0 bridgehead atoms. The summed E-state index contributed by atoms with van der Waals surface area (Å²) in [5.74, 6) is 1.94. The first-order chi connectivity index (χ1) is 10.8. The van der Waals surface area contributed by atoms with Gasteiger partial charge in [0, 0.05) is 0 Å². The number of hydrogen-bond donors (Lipinski definition) is 0. The van der Waals surface area contributed by atoms with Gasteiger partial charge in [0.05, 0.1) is 0 Å². The van der Waals surface area contributed by atoms with Gasteiger partial charge in [-0.05, 0) is 0 Å². The maximum atomic E-state index is 12.8. The van der Waals surface area contributed by atoms with Gasteiger partial charge < -0.3 is 0 Å². The predicted molar refractivity (Wildman–Crippen MR) is 92.6 cm³/mol. The van der Waals surface area contributed by atoms with E-state index in [1.54, 1.807) is 18.1 Å². The summed E-state index contributed by atoms with van der Waals surface area (Å²) >= 11 is -2.72.